The molecule has 1 amide bonds. The van der Waals surface area contributed by atoms with Gasteiger partial charge < -0.3 is 14.8 Å². The highest BCUT2D eigenvalue weighted by Crippen LogP contribution is 2.24. The second kappa shape index (κ2) is 8.44. The fourth-order valence-corrected chi connectivity index (χ4v) is 3.60. The van der Waals surface area contributed by atoms with Gasteiger partial charge >= 0.3 is 0 Å². The van der Waals surface area contributed by atoms with Crippen LogP contribution in [0.4, 0.5) is 0 Å². The minimum Gasteiger partial charge on any atom is -0.353 e. The summed E-state index contributed by atoms with van der Waals surface area (Å²) in [7, 11) is 4.18. The third kappa shape index (κ3) is 4.41. The lowest BCUT2D eigenvalue weighted by molar-refractivity contribution is 0.0877. The molecule has 26 heavy (non-hydrogen) atoms. The topological polar surface area (TPSA) is 40.5 Å². The molecule has 1 aliphatic rings. The molecule has 2 heterocycles. The van der Waals surface area contributed by atoms with Crippen LogP contribution in [0, 0.1) is 0 Å². The molecule has 1 aromatic heterocycles. The second-order valence-electron chi connectivity index (χ2n) is 6.74. The maximum absolute atomic E-state index is 12.6. The average molecular weight is 395 g/mol. The summed E-state index contributed by atoms with van der Waals surface area (Å²) in [5, 5.41) is 3.89. The first-order valence-corrected chi connectivity index (χ1v) is 9.48. The minimum atomic E-state index is -0.142. The highest BCUT2D eigenvalue weighted by Gasteiger charge is 2.26. The van der Waals surface area contributed by atoms with Gasteiger partial charge in [-0.15, -0.1) is 0 Å². The molecular weight excluding hydrogens is 371 g/mol. The van der Waals surface area contributed by atoms with Crippen LogP contribution >= 0.6 is 23.2 Å². The lowest BCUT2D eigenvalue weighted by Gasteiger charge is -2.38. The third-order valence-corrected chi connectivity index (χ3v) is 5.68. The van der Waals surface area contributed by atoms with E-state index in [1.165, 1.54) is 5.69 Å². The van der Waals surface area contributed by atoms with E-state index in [2.05, 4.69) is 32.8 Å². The monoisotopic (exact) mass is 394 g/mol. The highest BCUT2D eigenvalue weighted by atomic mass is 35.5. The summed E-state index contributed by atoms with van der Waals surface area (Å²) in [5.74, 6) is -0.142. The van der Waals surface area contributed by atoms with E-state index in [-0.39, 0.29) is 11.9 Å². The van der Waals surface area contributed by atoms with Gasteiger partial charge in [0, 0.05) is 57.2 Å². The molecule has 0 aliphatic carbocycles. The van der Waals surface area contributed by atoms with Crippen LogP contribution in [0.2, 0.25) is 10.0 Å². The molecule has 3 rings (SSSR count). The molecule has 5 nitrogen and oxygen atoms in total. The van der Waals surface area contributed by atoms with Crippen LogP contribution in [0.25, 0.3) is 0 Å². The van der Waals surface area contributed by atoms with Crippen molar-refractivity contribution < 1.29 is 4.79 Å². The summed E-state index contributed by atoms with van der Waals surface area (Å²) in [6.07, 6.45) is 2.04. The maximum atomic E-state index is 12.6. The number of rotatable bonds is 5. The van der Waals surface area contributed by atoms with Crippen LogP contribution in [-0.2, 0) is 7.05 Å². The van der Waals surface area contributed by atoms with E-state index in [1.807, 2.05) is 19.3 Å². The Labute approximate surface area is 164 Å². The van der Waals surface area contributed by atoms with Crippen LogP contribution < -0.4 is 5.32 Å². The number of carbonyl (C=O) groups excluding carboxylic acids is 1. The van der Waals surface area contributed by atoms with Gasteiger partial charge in [-0.05, 0) is 37.4 Å². The molecule has 0 saturated carbocycles. The molecule has 1 aromatic carbocycles. The number of hydrogen-bond acceptors (Lipinski definition) is 3. The summed E-state index contributed by atoms with van der Waals surface area (Å²) in [6.45, 7) is 4.56. The van der Waals surface area contributed by atoms with E-state index >= 15 is 0 Å². The molecule has 1 N–H and O–H groups in total. The Morgan fingerprint density at radius 3 is 2.46 bits per heavy atom. The van der Waals surface area contributed by atoms with Crippen molar-refractivity contribution in [1.82, 2.24) is 19.7 Å². The standard InChI is InChI=1S/C19H24Cl2N4O/c1-23-8-10-25(11-9-23)18(17-4-3-7-24(17)2)13-22-19(26)14-5-6-15(20)16(21)12-14/h3-7,12,18H,8-11,13H2,1-2H3,(H,22,26)/t18-/m0/s1. The molecule has 1 atom stereocenters. The van der Waals surface area contributed by atoms with E-state index in [9.17, 15) is 4.79 Å². The number of nitrogens with zero attached hydrogens (tertiary/aromatic N) is 3. The van der Waals surface area contributed by atoms with Crippen LogP contribution in [0.1, 0.15) is 22.1 Å². The maximum Gasteiger partial charge on any atom is 0.251 e. The van der Waals surface area contributed by atoms with Gasteiger partial charge in [-0.3, -0.25) is 9.69 Å². The Bertz CT molecular complexity index is 769. The molecule has 1 aliphatic heterocycles. The van der Waals surface area contributed by atoms with E-state index in [4.69, 9.17) is 23.2 Å². The van der Waals surface area contributed by atoms with Crippen LogP contribution in [0.3, 0.4) is 0 Å². The third-order valence-electron chi connectivity index (χ3n) is 4.94. The van der Waals surface area contributed by atoms with Crippen LogP contribution in [0.15, 0.2) is 36.5 Å². The van der Waals surface area contributed by atoms with Crippen molar-refractivity contribution in [3.63, 3.8) is 0 Å². The van der Waals surface area contributed by atoms with Gasteiger partial charge in [0.15, 0.2) is 0 Å². The molecule has 0 bridgehead atoms. The number of hydrogen-bond donors (Lipinski definition) is 1. The van der Waals surface area contributed by atoms with Gasteiger partial charge in [-0.2, -0.15) is 0 Å². The Hall–Kier alpha value is -1.53. The number of aryl methyl sites for hydroxylation is 1. The van der Waals surface area contributed by atoms with E-state index in [0.717, 1.165) is 26.2 Å². The largest absolute Gasteiger partial charge is 0.353 e. The molecule has 0 radical (unpaired) electrons. The number of halogens is 2. The van der Waals surface area contributed by atoms with Crippen LogP contribution in [0.5, 0.6) is 0 Å². The van der Waals surface area contributed by atoms with Crippen molar-refractivity contribution in [2.75, 3.05) is 39.8 Å². The first kappa shape index (κ1) is 19.2. The summed E-state index contributed by atoms with van der Waals surface area (Å²) < 4.78 is 2.12. The zero-order chi connectivity index (χ0) is 18.7. The van der Waals surface area contributed by atoms with Crippen LogP contribution in [-0.4, -0.2) is 60.0 Å². The molecule has 7 heteroatoms. The molecular formula is C19H24Cl2N4O. The Balaban J connectivity index is 1.72. The van der Waals surface area contributed by atoms with E-state index in [0.29, 0.717) is 22.2 Å². The number of carbonyl (C=O) groups is 1. The quantitative estimate of drug-likeness (QED) is 0.846. The molecule has 1 saturated heterocycles. The molecule has 0 spiro atoms. The van der Waals surface area contributed by atoms with Crippen molar-refractivity contribution >= 4 is 29.1 Å². The summed E-state index contributed by atoms with van der Waals surface area (Å²) in [6, 6.07) is 9.24. The van der Waals surface area contributed by atoms with E-state index in [1.54, 1.807) is 18.2 Å². The normalized spacial score (nSPS) is 17.2. The predicted molar refractivity (Wildman–Crippen MR) is 106 cm³/mol. The number of amides is 1. The number of nitrogens with one attached hydrogen (secondary N) is 1. The molecule has 140 valence electrons. The first-order chi connectivity index (χ1) is 12.5. The van der Waals surface area contributed by atoms with Gasteiger partial charge in [-0.25, -0.2) is 0 Å². The zero-order valence-corrected chi connectivity index (χ0v) is 16.6. The first-order valence-electron chi connectivity index (χ1n) is 8.73. The van der Waals surface area contributed by atoms with Gasteiger partial charge in [0.05, 0.1) is 16.1 Å². The van der Waals surface area contributed by atoms with Crippen molar-refractivity contribution in [3.8, 4) is 0 Å². The van der Waals surface area contributed by atoms with Crippen molar-refractivity contribution in [1.29, 1.82) is 0 Å². The second-order valence-corrected chi connectivity index (χ2v) is 7.55. The lowest BCUT2D eigenvalue weighted by Crippen LogP contribution is -2.48. The van der Waals surface area contributed by atoms with Crippen molar-refractivity contribution in [2.45, 2.75) is 6.04 Å². The summed E-state index contributed by atoms with van der Waals surface area (Å²) in [4.78, 5) is 17.3. The number of likely N-dealkylation sites (N-methyl/N-ethyl adjacent to an activating group) is 1. The van der Waals surface area contributed by atoms with Gasteiger partial charge in [0.2, 0.25) is 0 Å². The number of aromatic nitrogens is 1. The lowest BCUT2D eigenvalue weighted by atomic mass is 10.1. The molecule has 1 fully saturated rings. The summed E-state index contributed by atoms with van der Waals surface area (Å²) >= 11 is 12.0. The Kier molecular flexibility index (Phi) is 6.24. The smallest absolute Gasteiger partial charge is 0.251 e. The van der Waals surface area contributed by atoms with Gasteiger partial charge in [0.25, 0.3) is 5.91 Å². The van der Waals surface area contributed by atoms with E-state index < -0.39 is 0 Å². The fraction of sp³-hybridized carbons (Fsp3) is 0.421. The minimum absolute atomic E-state index is 0.135. The fourth-order valence-electron chi connectivity index (χ4n) is 3.30. The molecule has 0 unspecified atom stereocenters. The molecule has 2 aromatic rings. The number of benzene rings is 1. The Morgan fingerprint density at radius 1 is 1.12 bits per heavy atom. The van der Waals surface area contributed by atoms with Crippen molar-refractivity contribution in [3.05, 3.63) is 57.8 Å². The van der Waals surface area contributed by atoms with Crippen molar-refractivity contribution in [2.24, 2.45) is 7.05 Å². The Morgan fingerprint density at radius 2 is 1.85 bits per heavy atom. The zero-order valence-electron chi connectivity index (χ0n) is 15.1. The van der Waals surface area contributed by atoms with Gasteiger partial charge in [-0.1, -0.05) is 23.2 Å². The number of piperazine rings is 1. The highest BCUT2D eigenvalue weighted by molar-refractivity contribution is 6.42. The predicted octanol–water partition coefficient (Wildman–Crippen LogP) is 3.05. The summed E-state index contributed by atoms with van der Waals surface area (Å²) in [5.41, 5.74) is 1.72. The SMILES string of the molecule is CN1CCN([C@@H](CNC(=O)c2ccc(Cl)c(Cl)c2)c2cccn2C)CC1. The average Bonchev–Trinajstić information content (AvgIpc) is 3.04. The van der Waals surface area contributed by atoms with Gasteiger partial charge in [0.1, 0.15) is 0 Å².